The Balaban J connectivity index is 1.67. The van der Waals surface area contributed by atoms with Gasteiger partial charge in [0.15, 0.2) is 6.23 Å². The summed E-state index contributed by atoms with van der Waals surface area (Å²) >= 11 is 0. The first-order valence-electron chi connectivity index (χ1n) is 9.97. The van der Waals surface area contributed by atoms with E-state index in [0.717, 1.165) is 16.8 Å². The van der Waals surface area contributed by atoms with Crippen LogP contribution < -0.4 is 11.2 Å². The number of ether oxygens (including phenoxy) is 2. The number of aromatic amines is 1. The smallest absolute Gasteiger partial charge is 0.370 e. The molecule has 0 radical (unpaired) electrons. The second-order valence-corrected chi connectivity index (χ2v) is 12.7. The van der Waals surface area contributed by atoms with Crippen LogP contribution in [0.5, 0.6) is 0 Å². The van der Waals surface area contributed by atoms with Crippen molar-refractivity contribution in [1.82, 2.24) is 9.55 Å². The molecular weight excluding hydrogens is 522 g/mol. The number of hydrogen-bond donors (Lipinski definition) is 9. The van der Waals surface area contributed by atoms with Crippen molar-refractivity contribution in [3.05, 3.63) is 33.1 Å². The maximum absolute atomic E-state index is 12.5. The van der Waals surface area contributed by atoms with Crippen LogP contribution in [0, 0.1) is 0 Å². The van der Waals surface area contributed by atoms with Gasteiger partial charge in [0, 0.05) is 12.3 Å². The SMILES string of the molecule is O=C1C(O)[C@@H](O)C(CO)O[C@@H]1[P+](O)(O)CP(=O)(O)OC[C@H]1O[C@@H](n2ccc(=O)[nH]c2=O)C(O)C1O. The fourth-order valence-electron chi connectivity index (χ4n) is 3.58. The van der Waals surface area contributed by atoms with Crippen molar-refractivity contribution in [1.29, 1.82) is 0 Å². The molecule has 3 rings (SSSR count). The van der Waals surface area contributed by atoms with Crippen molar-refractivity contribution >= 4 is 21.1 Å². The van der Waals surface area contributed by atoms with Gasteiger partial charge in [-0.3, -0.25) is 23.7 Å². The Labute approximate surface area is 195 Å². The Morgan fingerprint density at radius 2 is 1.71 bits per heavy atom. The summed E-state index contributed by atoms with van der Waals surface area (Å²) in [5, 5.41) is 49.0. The Morgan fingerprint density at radius 1 is 1.06 bits per heavy atom. The summed E-state index contributed by atoms with van der Waals surface area (Å²) in [6, 6.07) is 0.952. The highest BCUT2D eigenvalue weighted by molar-refractivity contribution is 7.77. The van der Waals surface area contributed by atoms with Gasteiger partial charge in [-0.15, -0.1) is 0 Å². The molecule has 0 aliphatic carbocycles. The summed E-state index contributed by atoms with van der Waals surface area (Å²) < 4.78 is 28.3. The normalized spacial score (nSPS) is 35.7. The van der Waals surface area contributed by atoms with Crippen LogP contribution in [0.1, 0.15) is 6.23 Å². The summed E-state index contributed by atoms with van der Waals surface area (Å²) in [7, 11) is -9.75. The second-order valence-electron chi connectivity index (χ2n) is 7.97. The van der Waals surface area contributed by atoms with Gasteiger partial charge in [-0.25, -0.2) is 14.6 Å². The molecule has 0 amide bonds. The van der Waals surface area contributed by atoms with Gasteiger partial charge in [-0.2, -0.15) is 0 Å². The zero-order valence-electron chi connectivity index (χ0n) is 17.7. The van der Waals surface area contributed by atoms with Crippen molar-refractivity contribution in [2.45, 2.75) is 48.7 Å². The van der Waals surface area contributed by atoms with Crippen molar-refractivity contribution in [2.24, 2.45) is 0 Å². The Kier molecular flexibility index (Phi) is 8.45. The number of carbonyl (C=O) groups excluding carboxylic acids is 1. The molecule has 1 aromatic rings. The molecule has 3 heterocycles. The quantitative estimate of drug-likeness (QED) is 0.138. The molecule has 9 atom stereocenters. The van der Waals surface area contributed by atoms with Crippen LogP contribution in [-0.2, 0) is 23.4 Å². The second kappa shape index (κ2) is 10.5. The molecule has 0 aromatic carbocycles. The van der Waals surface area contributed by atoms with E-state index in [0.29, 0.717) is 0 Å². The molecule has 9 N–H and O–H groups in total. The minimum Gasteiger partial charge on any atom is -0.394 e. The topological polar surface area (TPSA) is 279 Å². The lowest BCUT2D eigenvalue weighted by atomic mass is 10.0. The molecule has 2 fully saturated rings. The van der Waals surface area contributed by atoms with E-state index < -0.39 is 100 Å². The molecule has 0 saturated carbocycles. The average Bonchev–Trinajstić information content (AvgIpc) is 3.04. The van der Waals surface area contributed by atoms with Crippen molar-refractivity contribution < 1.29 is 63.6 Å². The van der Waals surface area contributed by atoms with E-state index in [9.17, 15) is 59.2 Å². The van der Waals surface area contributed by atoms with E-state index in [-0.39, 0.29) is 0 Å². The van der Waals surface area contributed by atoms with Gasteiger partial charge in [0.05, 0.1) is 13.2 Å². The highest BCUT2D eigenvalue weighted by atomic mass is 31.3. The molecule has 2 aliphatic rings. The number of aliphatic hydroxyl groups excluding tert-OH is 5. The predicted molar refractivity (Wildman–Crippen MR) is 112 cm³/mol. The maximum Gasteiger partial charge on any atom is 0.370 e. The number of ketones is 1. The van der Waals surface area contributed by atoms with Gasteiger partial charge in [-0.05, 0) is 0 Å². The molecule has 0 spiro atoms. The number of nitrogens with zero attached hydrogens (tertiary/aromatic N) is 1. The lowest BCUT2D eigenvalue weighted by Crippen LogP contribution is -2.56. The van der Waals surface area contributed by atoms with E-state index in [1.165, 1.54) is 0 Å². The van der Waals surface area contributed by atoms with Gasteiger partial charge in [0.1, 0.15) is 36.6 Å². The van der Waals surface area contributed by atoms with Crippen molar-refractivity contribution in [2.75, 3.05) is 19.1 Å². The highest BCUT2D eigenvalue weighted by Gasteiger charge is 2.61. The van der Waals surface area contributed by atoms with Crippen LogP contribution in [0.4, 0.5) is 0 Å². The number of rotatable bonds is 8. The van der Waals surface area contributed by atoms with E-state index in [4.69, 9.17) is 14.0 Å². The molecular formula is C16H25N2O15P2+. The number of H-pyrrole nitrogens is 1. The maximum atomic E-state index is 12.5. The lowest BCUT2D eigenvalue weighted by molar-refractivity contribution is -0.178. The Morgan fingerprint density at radius 3 is 2.31 bits per heavy atom. The Hall–Kier alpha value is -1.43. The number of hydrogen-bond acceptors (Lipinski definition) is 14. The minimum absolute atomic E-state index is 0.729. The van der Waals surface area contributed by atoms with Crippen LogP contribution in [0.3, 0.4) is 0 Å². The van der Waals surface area contributed by atoms with Crippen LogP contribution in [-0.4, -0.2) is 117 Å². The van der Waals surface area contributed by atoms with Crippen LogP contribution in [0.2, 0.25) is 0 Å². The van der Waals surface area contributed by atoms with Crippen molar-refractivity contribution in [3.63, 3.8) is 0 Å². The summed E-state index contributed by atoms with van der Waals surface area (Å²) in [5.41, 5.74) is -1.70. The van der Waals surface area contributed by atoms with Gasteiger partial charge in [0.2, 0.25) is 11.7 Å². The summed E-state index contributed by atoms with van der Waals surface area (Å²) in [5.74, 6) is -5.05. The minimum atomic E-state index is -4.96. The monoisotopic (exact) mass is 547 g/mol. The first-order chi connectivity index (χ1) is 16.2. The van der Waals surface area contributed by atoms with Crippen LogP contribution in [0.25, 0.3) is 0 Å². The molecule has 35 heavy (non-hydrogen) atoms. The summed E-state index contributed by atoms with van der Waals surface area (Å²) in [6.45, 7) is -1.80. The van der Waals surface area contributed by atoms with Gasteiger partial charge in [-0.1, -0.05) is 0 Å². The van der Waals surface area contributed by atoms with E-state index in [1.807, 2.05) is 4.98 Å². The largest absolute Gasteiger partial charge is 0.394 e. The number of Topliss-reactive ketones (excluding diaryl/α,β-unsaturated/α-hetero) is 1. The van der Waals surface area contributed by atoms with E-state index in [2.05, 4.69) is 0 Å². The fourth-order valence-corrected chi connectivity index (χ4v) is 7.89. The van der Waals surface area contributed by atoms with Crippen LogP contribution in [0.15, 0.2) is 21.9 Å². The highest BCUT2D eigenvalue weighted by Crippen LogP contribution is 2.67. The van der Waals surface area contributed by atoms with Gasteiger partial charge < -0.3 is 44.4 Å². The number of carbonyl (C=O) groups is 1. The third-order valence-electron chi connectivity index (χ3n) is 5.39. The predicted octanol–water partition coefficient (Wildman–Crippen LogP) is -4.84. The third kappa shape index (κ3) is 5.94. The van der Waals surface area contributed by atoms with Crippen molar-refractivity contribution in [3.8, 4) is 0 Å². The molecule has 19 heteroatoms. The molecule has 2 saturated heterocycles. The standard InChI is InChI=1S/C16H24N2O15P2/c19-3-6-9(21)11(23)13(25)15(33-6)34(27,28)5-35(29,30)31-4-7-10(22)12(24)14(32-7)18-2-1-8(20)17-16(18)26/h1-2,6-7,9-12,14-15,19,21-24,27-28H,3-5H2,(H-,17,20,26,29,30)/p+1/t6?,7-,9+,10?,11?,12?,14-,15-/m1/s1. The number of nitrogens with one attached hydrogen (secondary N) is 1. The van der Waals surface area contributed by atoms with E-state index >= 15 is 0 Å². The number of aliphatic hydroxyl groups is 5. The third-order valence-corrected chi connectivity index (χ3v) is 10.2. The summed E-state index contributed by atoms with van der Waals surface area (Å²) in [6.07, 6.45) is -11.0. The molecule has 2 aliphatic heterocycles. The first kappa shape index (κ1) is 28.1. The average molecular weight is 547 g/mol. The van der Waals surface area contributed by atoms with Crippen LogP contribution >= 0.6 is 15.3 Å². The summed E-state index contributed by atoms with van der Waals surface area (Å²) in [4.78, 5) is 67.9. The fraction of sp³-hybridized carbons (Fsp3) is 0.688. The molecule has 198 valence electrons. The van der Waals surface area contributed by atoms with E-state index in [1.54, 1.807) is 0 Å². The molecule has 1 aromatic heterocycles. The first-order valence-corrected chi connectivity index (χ1v) is 13.7. The van der Waals surface area contributed by atoms with Gasteiger partial charge in [0.25, 0.3) is 11.4 Å². The Bertz CT molecular complexity index is 1090. The molecule has 5 unspecified atom stereocenters. The zero-order chi connectivity index (χ0) is 26.3. The zero-order valence-corrected chi connectivity index (χ0v) is 19.5. The molecule has 0 bridgehead atoms. The molecule has 17 nitrogen and oxygen atoms in total. The lowest BCUT2D eigenvalue weighted by Gasteiger charge is -2.35. The van der Waals surface area contributed by atoms with Gasteiger partial charge >= 0.3 is 21.0 Å². The number of aromatic nitrogens is 2.